The van der Waals surface area contributed by atoms with Crippen molar-refractivity contribution < 1.29 is 17.7 Å². The summed E-state index contributed by atoms with van der Waals surface area (Å²) in [4.78, 5) is 4.21. The van der Waals surface area contributed by atoms with E-state index in [1.165, 1.54) is 12.1 Å². The molecule has 26 heavy (non-hydrogen) atoms. The zero-order valence-corrected chi connectivity index (χ0v) is 13.8. The molecule has 0 radical (unpaired) electrons. The van der Waals surface area contributed by atoms with E-state index in [0.29, 0.717) is 13.1 Å². The van der Waals surface area contributed by atoms with Crippen molar-refractivity contribution in [2.45, 2.75) is 12.7 Å². The van der Waals surface area contributed by atoms with Crippen LogP contribution >= 0.6 is 0 Å². The van der Waals surface area contributed by atoms with Crippen molar-refractivity contribution in [3.63, 3.8) is 0 Å². The number of anilines is 3. The number of para-hydroxylation sites is 2. The molecule has 7 heteroatoms. The van der Waals surface area contributed by atoms with Crippen molar-refractivity contribution in [3.8, 4) is 0 Å². The number of benzene rings is 2. The molecule has 1 aliphatic rings. The molecular formula is C19H16F3N3O. The van der Waals surface area contributed by atoms with Crippen LogP contribution in [-0.4, -0.2) is 18.2 Å². The second kappa shape index (κ2) is 6.40. The lowest BCUT2D eigenvalue weighted by Crippen LogP contribution is -2.38. The first-order valence-corrected chi connectivity index (χ1v) is 8.21. The molecule has 0 aliphatic carbocycles. The molecular weight excluding hydrogens is 343 g/mol. The van der Waals surface area contributed by atoms with Crippen LogP contribution in [0.5, 0.6) is 0 Å². The first-order valence-electron chi connectivity index (χ1n) is 8.21. The van der Waals surface area contributed by atoms with Crippen molar-refractivity contribution >= 4 is 17.1 Å². The Morgan fingerprint density at radius 2 is 1.65 bits per heavy atom. The van der Waals surface area contributed by atoms with Gasteiger partial charge < -0.3 is 14.3 Å². The summed E-state index contributed by atoms with van der Waals surface area (Å²) in [5, 5.41) is 3.73. The number of hydrogen-bond acceptors (Lipinski definition) is 4. The molecule has 4 nitrogen and oxygen atoms in total. The van der Waals surface area contributed by atoms with Crippen LogP contribution in [0, 0.1) is 0 Å². The molecule has 0 saturated heterocycles. The highest BCUT2D eigenvalue weighted by Crippen LogP contribution is 2.39. The number of halogens is 3. The predicted octanol–water partition coefficient (Wildman–Crippen LogP) is 4.85. The Morgan fingerprint density at radius 1 is 0.923 bits per heavy atom. The Hall–Kier alpha value is -2.96. The smallest absolute Gasteiger partial charge is 0.360 e. The Balaban J connectivity index is 1.64. The molecule has 1 aliphatic heterocycles. The maximum atomic E-state index is 12.8. The monoisotopic (exact) mass is 359 g/mol. The van der Waals surface area contributed by atoms with E-state index >= 15 is 0 Å². The summed E-state index contributed by atoms with van der Waals surface area (Å²) in [7, 11) is 0. The second-order valence-electron chi connectivity index (χ2n) is 6.09. The third kappa shape index (κ3) is 3.12. The van der Waals surface area contributed by atoms with Gasteiger partial charge in [0.1, 0.15) is 0 Å². The van der Waals surface area contributed by atoms with Gasteiger partial charge in [-0.2, -0.15) is 13.2 Å². The van der Waals surface area contributed by atoms with Crippen LogP contribution in [-0.2, 0) is 12.7 Å². The zero-order valence-electron chi connectivity index (χ0n) is 13.8. The molecule has 0 fully saturated rings. The molecule has 0 spiro atoms. The summed E-state index contributed by atoms with van der Waals surface area (Å²) in [5.41, 5.74) is 2.07. The summed E-state index contributed by atoms with van der Waals surface area (Å²) in [5.74, 6) is 0.766. The minimum absolute atomic E-state index is 0.595. The molecule has 0 N–H and O–H groups in total. The SMILES string of the molecule is FC(F)(F)c1ccc(N2CCN(Cc3ccno3)c3ccccc32)cc1. The van der Waals surface area contributed by atoms with E-state index in [0.717, 1.165) is 41.5 Å². The Labute approximate surface area is 148 Å². The highest BCUT2D eigenvalue weighted by atomic mass is 19.4. The Morgan fingerprint density at radius 3 is 2.31 bits per heavy atom. The summed E-state index contributed by atoms with van der Waals surface area (Å²) in [6.07, 6.45) is -2.72. The average molecular weight is 359 g/mol. The van der Waals surface area contributed by atoms with Gasteiger partial charge in [0.05, 0.1) is 29.7 Å². The van der Waals surface area contributed by atoms with Crippen LogP contribution in [0.15, 0.2) is 65.3 Å². The standard InChI is InChI=1S/C19H16F3N3O/c20-19(21,22)14-5-7-15(8-6-14)25-12-11-24(13-16-9-10-23-26-16)17-3-1-2-4-18(17)25/h1-10H,11-13H2. The third-order valence-electron chi connectivity index (χ3n) is 4.45. The first-order chi connectivity index (χ1) is 12.5. The van der Waals surface area contributed by atoms with E-state index in [4.69, 9.17) is 4.52 Å². The van der Waals surface area contributed by atoms with E-state index < -0.39 is 11.7 Å². The fraction of sp³-hybridized carbons (Fsp3) is 0.211. The normalized spacial score (nSPS) is 14.4. The zero-order chi connectivity index (χ0) is 18.1. The molecule has 0 atom stereocenters. The topological polar surface area (TPSA) is 32.5 Å². The molecule has 0 saturated carbocycles. The third-order valence-corrected chi connectivity index (χ3v) is 4.45. The highest BCUT2D eigenvalue weighted by molar-refractivity contribution is 5.79. The van der Waals surface area contributed by atoms with E-state index in [2.05, 4.69) is 10.1 Å². The van der Waals surface area contributed by atoms with E-state index in [9.17, 15) is 13.2 Å². The molecule has 134 valence electrons. The number of fused-ring (bicyclic) bond motifs is 1. The van der Waals surface area contributed by atoms with Gasteiger partial charge >= 0.3 is 6.18 Å². The van der Waals surface area contributed by atoms with E-state index in [-0.39, 0.29) is 0 Å². The van der Waals surface area contributed by atoms with Gasteiger partial charge in [0.25, 0.3) is 0 Å². The molecule has 2 heterocycles. The molecule has 0 amide bonds. The fourth-order valence-electron chi connectivity index (χ4n) is 3.20. The number of rotatable bonds is 3. The molecule has 3 aromatic rings. The number of aromatic nitrogens is 1. The first kappa shape index (κ1) is 16.5. The van der Waals surface area contributed by atoms with Gasteiger partial charge in [-0.15, -0.1) is 0 Å². The van der Waals surface area contributed by atoms with Gasteiger partial charge in [-0.1, -0.05) is 17.3 Å². The largest absolute Gasteiger partial charge is 0.416 e. The summed E-state index contributed by atoms with van der Waals surface area (Å²) in [6, 6.07) is 15.0. The van der Waals surface area contributed by atoms with Gasteiger partial charge in [0.15, 0.2) is 5.76 Å². The van der Waals surface area contributed by atoms with Crippen molar-refractivity contribution in [3.05, 3.63) is 72.1 Å². The quantitative estimate of drug-likeness (QED) is 0.669. The van der Waals surface area contributed by atoms with E-state index in [1.54, 1.807) is 6.20 Å². The fourth-order valence-corrected chi connectivity index (χ4v) is 3.20. The second-order valence-corrected chi connectivity index (χ2v) is 6.09. The summed E-state index contributed by atoms with van der Waals surface area (Å²) in [6.45, 7) is 1.98. The highest BCUT2D eigenvalue weighted by Gasteiger charge is 2.31. The minimum atomic E-state index is -4.33. The van der Waals surface area contributed by atoms with Crippen molar-refractivity contribution in [1.82, 2.24) is 5.16 Å². The van der Waals surface area contributed by atoms with Gasteiger partial charge in [-0.25, -0.2) is 0 Å². The van der Waals surface area contributed by atoms with Crippen LogP contribution in [0.25, 0.3) is 0 Å². The maximum absolute atomic E-state index is 12.8. The number of nitrogens with zero attached hydrogens (tertiary/aromatic N) is 3. The average Bonchev–Trinajstić information content (AvgIpc) is 3.15. The van der Waals surface area contributed by atoms with Crippen LogP contribution in [0.3, 0.4) is 0 Å². The summed E-state index contributed by atoms with van der Waals surface area (Å²) < 4.78 is 43.6. The van der Waals surface area contributed by atoms with Crippen molar-refractivity contribution in [1.29, 1.82) is 0 Å². The van der Waals surface area contributed by atoms with Crippen LogP contribution in [0.2, 0.25) is 0 Å². The molecule has 0 bridgehead atoms. The summed E-state index contributed by atoms with van der Waals surface area (Å²) >= 11 is 0. The van der Waals surface area contributed by atoms with Crippen LogP contribution in [0.1, 0.15) is 11.3 Å². The van der Waals surface area contributed by atoms with Crippen LogP contribution in [0.4, 0.5) is 30.2 Å². The minimum Gasteiger partial charge on any atom is -0.360 e. The number of alkyl halides is 3. The van der Waals surface area contributed by atoms with Crippen LogP contribution < -0.4 is 9.80 Å². The van der Waals surface area contributed by atoms with Crippen molar-refractivity contribution in [2.24, 2.45) is 0 Å². The lowest BCUT2D eigenvalue weighted by molar-refractivity contribution is -0.137. The molecule has 1 aromatic heterocycles. The Kier molecular flexibility index (Phi) is 4.06. The van der Waals surface area contributed by atoms with Gasteiger partial charge in [0, 0.05) is 24.8 Å². The van der Waals surface area contributed by atoms with Crippen molar-refractivity contribution in [2.75, 3.05) is 22.9 Å². The Bertz CT molecular complexity index is 876. The van der Waals surface area contributed by atoms with E-state index in [1.807, 2.05) is 35.2 Å². The lowest BCUT2D eigenvalue weighted by atomic mass is 10.1. The maximum Gasteiger partial charge on any atom is 0.416 e. The number of hydrogen-bond donors (Lipinski definition) is 0. The molecule has 0 unspecified atom stereocenters. The van der Waals surface area contributed by atoms with Gasteiger partial charge in [0.2, 0.25) is 0 Å². The molecule has 2 aromatic carbocycles. The van der Waals surface area contributed by atoms with Gasteiger partial charge in [-0.05, 0) is 36.4 Å². The molecule has 4 rings (SSSR count). The lowest BCUT2D eigenvalue weighted by Gasteiger charge is -2.38. The predicted molar refractivity (Wildman–Crippen MR) is 92.4 cm³/mol. The van der Waals surface area contributed by atoms with Gasteiger partial charge in [-0.3, -0.25) is 0 Å².